The lowest BCUT2D eigenvalue weighted by Gasteiger charge is -2.29. The normalized spacial score (nSPS) is 18.1. The van der Waals surface area contributed by atoms with Crippen LogP contribution in [0.3, 0.4) is 0 Å². The monoisotopic (exact) mass is 319 g/mol. The summed E-state index contributed by atoms with van der Waals surface area (Å²) in [6.45, 7) is 1.85. The van der Waals surface area contributed by atoms with Gasteiger partial charge in [-0.3, -0.25) is 10.1 Å². The molecule has 1 aromatic heterocycles. The second-order valence-electron chi connectivity index (χ2n) is 5.03. The number of anilines is 1. The molecule has 1 saturated heterocycles. The van der Waals surface area contributed by atoms with E-state index in [2.05, 4.69) is 10.2 Å². The van der Waals surface area contributed by atoms with Gasteiger partial charge in [-0.15, -0.1) is 0 Å². The second kappa shape index (κ2) is 5.66. The zero-order valence-corrected chi connectivity index (χ0v) is 13.0. The van der Waals surface area contributed by atoms with Crippen molar-refractivity contribution < 1.29 is 13.3 Å². The lowest BCUT2D eigenvalue weighted by atomic mass is 10.1. The van der Waals surface area contributed by atoms with Crippen molar-refractivity contribution in [3.05, 3.63) is 16.2 Å². The number of nitrogens with zero attached hydrogens (tertiary/aromatic N) is 2. The smallest absolute Gasteiger partial charge is 0.304 e. The Morgan fingerprint density at radius 2 is 2.05 bits per heavy atom. The van der Waals surface area contributed by atoms with Crippen LogP contribution in [-0.2, 0) is 9.84 Å². The number of piperidine rings is 1. The molecule has 0 amide bonds. The summed E-state index contributed by atoms with van der Waals surface area (Å²) < 4.78 is 23.0. The molecule has 2 heterocycles. The van der Waals surface area contributed by atoms with Crippen LogP contribution in [0, 0.1) is 10.1 Å². The standard InChI is InChI=1S/C11H17N3O4S2/c1-13-5-3-8(4-6-13)12-11-9(14(15)16)7-10(19-11)20(2,17)18/h7-8,12H,3-6H2,1-2H3. The molecule has 0 saturated carbocycles. The van der Waals surface area contributed by atoms with Gasteiger partial charge in [0, 0.05) is 18.4 Å². The van der Waals surface area contributed by atoms with E-state index in [1.807, 2.05) is 7.05 Å². The third-order valence-corrected chi connectivity index (χ3v) is 6.16. The highest BCUT2D eigenvalue weighted by Gasteiger charge is 2.26. The van der Waals surface area contributed by atoms with Gasteiger partial charge in [-0.05, 0) is 33.0 Å². The number of hydrogen-bond acceptors (Lipinski definition) is 7. The van der Waals surface area contributed by atoms with E-state index >= 15 is 0 Å². The molecule has 0 spiro atoms. The molecule has 1 aliphatic rings. The summed E-state index contributed by atoms with van der Waals surface area (Å²) in [5.41, 5.74) is -0.158. The first-order valence-electron chi connectivity index (χ1n) is 6.20. The summed E-state index contributed by atoms with van der Waals surface area (Å²) >= 11 is 0.935. The van der Waals surface area contributed by atoms with Gasteiger partial charge < -0.3 is 10.2 Å². The van der Waals surface area contributed by atoms with Crippen molar-refractivity contribution in [2.45, 2.75) is 23.1 Å². The lowest BCUT2D eigenvalue weighted by Crippen LogP contribution is -2.36. The van der Waals surface area contributed by atoms with E-state index in [0.717, 1.165) is 49.6 Å². The molecule has 0 aliphatic carbocycles. The number of nitrogens with one attached hydrogen (secondary N) is 1. The predicted octanol–water partition coefficient (Wildman–Crippen LogP) is 1.57. The van der Waals surface area contributed by atoms with Crippen LogP contribution in [-0.4, -0.2) is 50.7 Å². The van der Waals surface area contributed by atoms with E-state index < -0.39 is 14.8 Å². The fourth-order valence-corrected chi connectivity index (χ4v) is 4.14. The Morgan fingerprint density at radius 3 is 2.55 bits per heavy atom. The van der Waals surface area contributed by atoms with Crippen molar-refractivity contribution in [3.63, 3.8) is 0 Å². The molecule has 0 aromatic carbocycles. The van der Waals surface area contributed by atoms with Crippen LogP contribution in [0.5, 0.6) is 0 Å². The maximum atomic E-state index is 11.5. The van der Waals surface area contributed by atoms with Crippen LogP contribution in [0.1, 0.15) is 12.8 Å². The summed E-state index contributed by atoms with van der Waals surface area (Å²) in [5, 5.41) is 14.5. The molecule has 112 valence electrons. The molecule has 0 atom stereocenters. The summed E-state index contributed by atoms with van der Waals surface area (Å²) in [6, 6.07) is 1.29. The summed E-state index contributed by atoms with van der Waals surface area (Å²) in [5.74, 6) is 0. The third-order valence-electron chi connectivity index (χ3n) is 3.31. The quantitative estimate of drug-likeness (QED) is 0.669. The Balaban J connectivity index is 2.22. The number of sulfone groups is 1. The molecular weight excluding hydrogens is 302 g/mol. The van der Waals surface area contributed by atoms with Gasteiger partial charge in [0.15, 0.2) is 14.8 Å². The molecule has 1 fully saturated rings. The second-order valence-corrected chi connectivity index (χ2v) is 8.33. The van der Waals surface area contributed by atoms with Crippen LogP contribution in [0.4, 0.5) is 10.7 Å². The molecule has 1 aliphatic heterocycles. The lowest BCUT2D eigenvalue weighted by molar-refractivity contribution is -0.383. The number of hydrogen-bond donors (Lipinski definition) is 1. The van der Waals surface area contributed by atoms with Gasteiger partial charge in [0.2, 0.25) is 0 Å². The highest BCUT2D eigenvalue weighted by atomic mass is 32.2. The van der Waals surface area contributed by atoms with Gasteiger partial charge in [-0.2, -0.15) is 0 Å². The average molecular weight is 319 g/mol. The Hall–Kier alpha value is -1.19. The van der Waals surface area contributed by atoms with Crippen molar-refractivity contribution in [2.24, 2.45) is 0 Å². The van der Waals surface area contributed by atoms with Crippen molar-refractivity contribution in [2.75, 3.05) is 31.7 Å². The fraction of sp³-hybridized carbons (Fsp3) is 0.636. The topological polar surface area (TPSA) is 92.6 Å². The van der Waals surface area contributed by atoms with Crippen molar-refractivity contribution in [3.8, 4) is 0 Å². The average Bonchev–Trinajstić information content (AvgIpc) is 2.76. The van der Waals surface area contributed by atoms with Gasteiger partial charge in [0.05, 0.1) is 4.92 Å². The van der Waals surface area contributed by atoms with E-state index in [-0.39, 0.29) is 15.9 Å². The van der Waals surface area contributed by atoms with Gasteiger partial charge in [0.1, 0.15) is 4.21 Å². The van der Waals surface area contributed by atoms with E-state index in [4.69, 9.17) is 0 Å². The Labute approximate surface area is 121 Å². The molecule has 20 heavy (non-hydrogen) atoms. The third kappa shape index (κ3) is 3.47. The summed E-state index contributed by atoms with van der Waals surface area (Å²) in [7, 11) is -1.39. The van der Waals surface area contributed by atoms with Crippen LogP contribution < -0.4 is 5.32 Å². The molecule has 1 aromatic rings. The zero-order valence-electron chi connectivity index (χ0n) is 11.3. The van der Waals surface area contributed by atoms with Gasteiger partial charge >= 0.3 is 5.69 Å². The Kier molecular flexibility index (Phi) is 4.31. The largest absolute Gasteiger partial charge is 0.368 e. The molecule has 0 bridgehead atoms. The number of thiophene rings is 1. The molecular formula is C11H17N3O4S2. The molecule has 2 rings (SSSR count). The van der Waals surface area contributed by atoms with Gasteiger partial charge in [-0.1, -0.05) is 11.3 Å². The van der Waals surface area contributed by atoms with Crippen LogP contribution >= 0.6 is 11.3 Å². The van der Waals surface area contributed by atoms with Crippen molar-refractivity contribution in [1.82, 2.24) is 4.90 Å². The maximum absolute atomic E-state index is 11.5. The molecule has 1 N–H and O–H groups in total. The summed E-state index contributed by atoms with van der Waals surface area (Å²) in [6.07, 6.45) is 2.83. The highest BCUT2D eigenvalue weighted by Crippen LogP contribution is 2.38. The first-order chi connectivity index (χ1) is 9.27. The molecule has 9 heteroatoms. The van der Waals surface area contributed by atoms with E-state index in [1.165, 1.54) is 0 Å². The first-order valence-corrected chi connectivity index (χ1v) is 8.91. The first kappa shape index (κ1) is 15.2. The van der Waals surface area contributed by atoms with E-state index in [9.17, 15) is 18.5 Å². The zero-order chi connectivity index (χ0) is 14.9. The van der Waals surface area contributed by atoms with Crippen LogP contribution in [0.15, 0.2) is 10.3 Å². The molecule has 0 radical (unpaired) electrons. The maximum Gasteiger partial charge on any atom is 0.304 e. The van der Waals surface area contributed by atoms with Gasteiger partial charge in [-0.25, -0.2) is 8.42 Å². The Morgan fingerprint density at radius 1 is 1.45 bits per heavy atom. The molecule has 0 unspecified atom stereocenters. The van der Waals surface area contributed by atoms with Crippen molar-refractivity contribution in [1.29, 1.82) is 0 Å². The van der Waals surface area contributed by atoms with Crippen molar-refractivity contribution >= 4 is 31.9 Å². The minimum absolute atomic E-state index is 0.0274. The van der Waals surface area contributed by atoms with E-state index in [0.29, 0.717) is 5.00 Å². The Bertz CT molecular complexity index is 603. The minimum Gasteiger partial charge on any atom is -0.368 e. The fourth-order valence-electron chi connectivity index (χ4n) is 2.12. The number of nitro groups is 1. The predicted molar refractivity (Wildman–Crippen MR) is 78.2 cm³/mol. The van der Waals surface area contributed by atoms with Gasteiger partial charge in [0.25, 0.3) is 0 Å². The summed E-state index contributed by atoms with van der Waals surface area (Å²) in [4.78, 5) is 12.7. The number of rotatable bonds is 4. The number of likely N-dealkylation sites (tertiary alicyclic amines) is 1. The van der Waals surface area contributed by atoms with Crippen LogP contribution in [0.2, 0.25) is 0 Å². The minimum atomic E-state index is -3.42. The highest BCUT2D eigenvalue weighted by molar-refractivity contribution is 7.92. The van der Waals surface area contributed by atoms with Crippen LogP contribution in [0.25, 0.3) is 0 Å². The SMILES string of the molecule is CN1CCC(Nc2sc(S(C)(=O)=O)cc2[N+](=O)[O-])CC1. The van der Waals surface area contributed by atoms with E-state index in [1.54, 1.807) is 0 Å². The molecule has 7 nitrogen and oxygen atoms in total.